The van der Waals surface area contributed by atoms with Crippen LogP contribution in [0.4, 0.5) is 0 Å². The molecule has 0 saturated heterocycles. The quantitative estimate of drug-likeness (QED) is 0.414. The summed E-state index contributed by atoms with van der Waals surface area (Å²) in [5, 5.41) is 17.5. The minimum Gasteiger partial charge on any atom is -0.481 e. The number of rotatable bonds is 11. The van der Waals surface area contributed by atoms with Crippen molar-refractivity contribution in [3.05, 3.63) is 0 Å². The summed E-state index contributed by atoms with van der Waals surface area (Å²) in [6.45, 7) is 2.74. The number of carboxylic acids is 2. The number of carboxylic acid groups (broad SMARTS) is 2. The van der Waals surface area contributed by atoms with E-state index in [1.165, 1.54) is 13.8 Å². The lowest BCUT2D eigenvalue weighted by Gasteiger charge is -2.27. The molecule has 0 bridgehead atoms. The van der Waals surface area contributed by atoms with Crippen molar-refractivity contribution >= 4 is 48.5 Å². The maximum atomic E-state index is 12.5. The zero-order valence-corrected chi connectivity index (χ0v) is 14.4. The number of Topliss-reactive ketones (excluding diaryl/α,β-unsaturated/α-hetero) is 1. The summed E-state index contributed by atoms with van der Waals surface area (Å²) in [6.07, 6.45) is -1.63. The summed E-state index contributed by atoms with van der Waals surface area (Å²) in [6, 6.07) is 0. The molecular weight excluding hydrogens is 362 g/mol. The molecule has 0 amide bonds. The van der Waals surface area contributed by atoms with Gasteiger partial charge in [-0.25, -0.2) is 0 Å². The summed E-state index contributed by atoms with van der Waals surface area (Å²) < 4.78 is 19.6. The number of carbonyl (C=O) groups excluding carboxylic acids is 1. The lowest BCUT2D eigenvalue weighted by Crippen LogP contribution is -2.32. The molecule has 22 heavy (non-hydrogen) atoms. The van der Waals surface area contributed by atoms with Crippen LogP contribution in [0.3, 0.4) is 0 Å². The van der Waals surface area contributed by atoms with Crippen LogP contribution < -0.4 is 0 Å². The Morgan fingerprint density at radius 2 is 1.55 bits per heavy atom. The van der Waals surface area contributed by atoms with Crippen LogP contribution in [0.5, 0.6) is 0 Å². The Morgan fingerprint density at radius 3 is 1.86 bits per heavy atom. The molecule has 0 aromatic carbocycles. The number of carbonyl (C=O) groups is 3. The van der Waals surface area contributed by atoms with Crippen LogP contribution in [0.25, 0.3) is 0 Å². The second-order valence-electron chi connectivity index (χ2n) is 4.13. The highest BCUT2D eigenvalue weighted by molar-refractivity contribution is 7.61. The Hall–Kier alpha value is -0.660. The first-order valence-electron chi connectivity index (χ1n) is 6.26. The SMILES string of the molecule is CCOP(=O)(OCC)C(Cl)(Cl)C(=O)CC(CC(=O)O)C(=O)O. The van der Waals surface area contributed by atoms with E-state index >= 15 is 0 Å². The zero-order chi connectivity index (χ0) is 17.6. The van der Waals surface area contributed by atoms with Crippen molar-refractivity contribution in [3.63, 3.8) is 0 Å². The normalized spacial score (nSPS) is 13.6. The van der Waals surface area contributed by atoms with Crippen LogP contribution in [0.2, 0.25) is 0 Å². The van der Waals surface area contributed by atoms with E-state index in [1.54, 1.807) is 0 Å². The molecule has 2 N–H and O–H groups in total. The maximum Gasteiger partial charge on any atom is 0.374 e. The van der Waals surface area contributed by atoms with Gasteiger partial charge in [-0.05, 0) is 13.8 Å². The first kappa shape index (κ1) is 21.3. The maximum absolute atomic E-state index is 12.5. The predicted molar refractivity (Wildman–Crippen MR) is 78.3 cm³/mol. The molecule has 0 aromatic rings. The number of aliphatic carboxylic acids is 2. The van der Waals surface area contributed by atoms with Gasteiger partial charge in [-0.2, -0.15) is 0 Å². The summed E-state index contributed by atoms with van der Waals surface area (Å²) in [7, 11) is -4.26. The third-order valence-corrected chi connectivity index (χ3v) is 6.28. The molecular formula is C11H17Cl2O8P. The minimum absolute atomic E-state index is 0.108. The van der Waals surface area contributed by atoms with Gasteiger partial charge >= 0.3 is 19.5 Å². The number of alkyl halides is 2. The number of hydrogen-bond donors (Lipinski definition) is 2. The smallest absolute Gasteiger partial charge is 0.374 e. The van der Waals surface area contributed by atoms with Crippen LogP contribution in [-0.2, 0) is 28.0 Å². The monoisotopic (exact) mass is 378 g/mol. The molecule has 11 heteroatoms. The lowest BCUT2D eigenvalue weighted by atomic mass is 9.99. The average Bonchev–Trinajstić information content (AvgIpc) is 2.37. The Morgan fingerprint density at radius 1 is 1.09 bits per heavy atom. The van der Waals surface area contributed by atoms with Gasteiger partial charge in [-0.15, -0.1) is 0 Å². The Bertz CT molecular complexity index is 469. The molecule has 0 saturated carbocycles. The molecule has 1 atom stereocenters. The van der Waals surface area contributed by atoms with Crippen molar-refractivity contribution in [2.45, 2.75) is 30.8 Å². The molecule has 8 nitrogen and oxygen atoms in total. The van der Waals surface area contributed by atoms with Gasteiger partial charge in [-0.3, -0.25) is 18.9 Å². The summed E-state index contributed by atoms with van der Waals surface area (Å²) in [5.41, 5.74) is 0. The fraction of sp³-hybridized carbons (Fsp3) is 0.727. The van der Waals surface area contributed by atoms with Crippen molar-refractivity contribution < 1.29 is 38.2 Å². The molecule has 128 valence electrons. The largest absolute Gasteiger partial charge is 0.481 e. The average molecular weight is 379 g/mol. The molecule has 1 unspecified atom stereocenters. The van der Waals surface area contributed by atoms with E-state index in [9.17, 15) is 18.9 Å². The highest BCUT2D eigenvalue weighted by Gasteiger charge is 2.55. The fourth-order valence-corrected chi connectivity index (χ4v) is 3.71. The third-order valence-electron chi connectivity index (χ3n) is 2.48. The van der Waals surface area contributed by atoms with Crippen LogP contribution in [0, 0.1) is 5.92 Å². The molecule has 0 heterocycles. The van der Waals surface area contributed by atoms with Crippen molar-refractivity contribution in [3.8, 4) is 0 Å². The number of ketones is 1. The summed E-state index contributed by atoms with van der Waals surface area (Å²) in [5.74, 6) is -5.62. The molecule has 0 rings (SSSR count). The van der Waals surface area contributed by atoms with Crippen molar-refractivity contribution in [2.24, 2.45) is 5.92 Å². The van der Waals surface area contributed by atoms with Gasteiger partial charge in [0.1, 0.15) is 0 Å². The van der Waals surface area contributed by atoms with Gasteiger partial charge in [-0.1, -0.05) is 23.2 Å². The van der Waals surface area contributed by atoms with Gasteiger partial charge in [0.05, 0.1) is 25.6 Å². The second-order valence-corrected chi connectivity index (χ2v) is 8.17. The van der Waals surface area contributed by atoms with Crippen molar-refractivity contribution in [2.75, 3.05) is 13.2 Å². The van der Waals surface area contributed by atoms with E-state index in [0.717, 1.165) is 0 Å². The third kappa shape index (κ3) is 5.52. The molecule has 0 radical (unpaired) electrons. The number of hydrogen-bond acceptors (Lipinski definition) is 6. The van der Waals surface area contributed by atoms with E-state index in [4.69, 9.17) is 42.5 Å². The van der Waals surface area contributed by atoms with Gasteiger partial charge in [0.15, 0.2) is 5.78 Å². The van der Waals surface area contributed by atoms with Crippen LogP contribution in [0.15, 0.2) is 0 Å². The summed E-state index contributed by atoms with van der Waals surface area (Å²) >= 11 is 11.6. The highest BCUT2D eigenvalue weighted by atomic mass is 35.5. The Balaban J connectivity index is 5.32. The molecule has 0 aliphatic heterocycles. The molecule has 0 aromatic heterocycles. The van der Waals surface area contributed by atoms with Crippen LogP contribution in [0.1, 0.15) is 26.7 Å². The van der Waals surface area contributed by atoms with Gasteiger partial charge in [0.25, 0.3) is 4.07 Å². The standard InChI is InChI=1S/C11H17Cl2O8P/c1-3-20-22(19,21-4-2)11(12,13)8(14)5-7(10(17)18)6-9(15)16/h7H,3-6H2,1-2H3,(H,15,16)(H,17,18). The van der Waals surface area contributed by atoms with Crippen LogP contribution >= 0.6 is 30.8 Å². The highest BCUT2D eigenvalue weighted by Crippen LogP contribution is 2.65. The molecule has 0 spiro atoms. The lowest BCUT2D eigenvalue weighted by molar-refractivity contribution is -0.149. The molecule has 0 aliphatic carbocycles. The van der Waals surface area contributed by atoms with E-state index in [1.807, 2.05) is 0 Å². The second kappa shape index (κ2) is 8.84. The van der Waals surface area contributed by atoms with Gasteiger partial charge in [0.2, 0.25) is 0 Å². The number of halogens is 2. The van der Waals surface area contributed by atoms with E-state index < -0.39 is 48.2 Å². The van der Waals surface area contributed by atoms with Crippen LogP contribution in [-0.4, -0.2) is 45.2 Å². The minimum atomic E-state index is -4.26. The molecule has 0 fully saturated rings. The van der Waals surface area contributed by atoms with Gasteiger partial charge < -0.3 is 19.3 Å². The van der Waals surface area contributed by atoms with E-state index in [-0.39, 0.29) is 13.2 Å². The first-order valence-corrected chi connectivity index (χ1v) is 8.56. The van der Waals surface area contributed by atoms with Crippen molar-refractivity contribution in [1.29, 1.82) is 0 Å². The first-order chi connectivity index (χ1) is 10.0. The summed E-state index contributed by atoms with van der Waals surface area (Å²) in [4.78, 5) is 33.7. The Kier molecular flexibility index (Phi) is 8.57. The van der Waals surface area contributed by atoms with Crippen molar-refractivity contribution in [1.82, 2.24) is 0 Å². The van der Waals surface area contributed by atoms with E-state index in [0.29, 0.717) is 0 Å². The van der Waals surface area contributed by atoms with Gasteiger partial charge in [0, 0.05) is 6.42 Å². The predicted octanol–water partition coefficient (Wildman–Crippen LogP) is 2.52. The zero-order valence-electron chi connectivity index (χ0n) is 12.0. The topological polar surface area (TPSA) is 127 Å². The fourth-order valence-electron chi connectivity index (χ4n) is 1.50. The Labute approximate surface area is 137 Å². The molecule has 0 aliphatic rings. The van der Waals surface area contributed by atoms with E-state index in [2.05, 4.69) is 0 Å².